The lowest BCUT2D eigenvalue weighted by Crippen LogP contribution is -2.29. The molecule has 2 rings (SSSR count). The molecule has 2 heterocycles. The van der Waals surface area contributed by atoms with E-state index in [4.69, 9.17) is 0 Å². The number of pyridine rings is 1. The number of nitrogens with zero attached hydrogens (tertiary/aromatic N) is 1. The van der Waals surface area contributed by atoms with Crippen LogP contribution in [0.1, 0.15) is 23.2 Å². The number of carbonyl (C=O) groups is 1. The lowest BCUT2D eigenvalue weighted by Gasteiger charge is -2.16. The smallest absolute Gasteiger partial charge is 0.255 e. The summed E-state index contributed by atoms with van der Waals surface area (Å²) in [7, 11) is 0. The van der Waals surface area contributed by atoms with Gasteiger partial charge in [-0.25, -0.2) is 0 Å². The second-order valence-corrected chi connectivity index (χ2v) is 5.12. The van der Waals surface area contributed by atoms with Gasteiger partial charge in [-0.1, -0.05) is 15.9 Å². The number of hydrogen-bond acceptors (Lipinski definition) is 2. The number of halogens is 1. The third-order valence-corrected chi connectivity index (χ3v) is 3.58. The number of aromatic nitrogens is 1. The van der Waals surface area contributed by atoms with E-state index in [0.717, 1.165) is 31.3 Å². The monoisotopic (exact) mass is 298 g/mol. The molecule has 1 aromatic rings. The summed E-state index contributed by atoms with van der Waals surface area (Å²) in [5.41, 5.74) is 0.379. The Morgan fingerprint density at radius 1 is 1.53 bits per heavy atom. The molecule has 1 fully saturated rings. The van der Waals surface area contributed by atoms with Crippen molar-refractivity contribution in [3.05, 3.63) is 34.2 Å². The van der Waals surface area contributed by atoms with Crippen LogP contribution in [0.15, 0.2) is 23.1 Å². The van der Waals surface area contributed by atoms with E-state index in [2.05, 4.69) is 20.9 Å². The fourth-order valence-electron chi connectivity index (χ4n) is 2.13. The van der Waals surface area contributed by atoms with Crippen molar-refractivity contribution in [3.63, 3.8) is 0 Å². The van der Waals surface area contributed by atoms with Crippen LogP contribution in [0.25, 0.3) is 0 Å². The van der Waals surface area contributed by atoms with Gasteiger partial charge in [0.05, 0.1) is 5.56 Å². The molecule has 4 nitrogen and oxygen atoms in total. The molecule has 5 heteroatoms. The molecule has 0 saturated carbocycles. The SMILES string of the molecule is O=C(c1ccc(=O)[nH]c1)N1CCC(CCBr)C1. The summed E-state index contributed by atoms with van der Waals surface area (Å²) in [4.78, 5) is 27.4. The first-order chi connectivity index (χ1) is 8.20. The quantitative estimate of drug-likeness (QED) is 0.862. The van der Waals surface area contributed by atoms with E-state index in [1.165, 1.54) is 12.3 Å². The maximum Gasteiger partial charge on any atom is 0.255 e. The van der Waals surface area contributed by atoms with Crippen molar-refractivity contribution in [2.24, 2.45) is 5.92 Å². The van der Waals surface area contributed by atoms with Crippen molar-refractivity contribution in [2.75, 3.05) is 18.4 Å². The molecule has 0 bridgehead atoms. The molecule has 0 radical (unpaired) electrons. The molecule has 1 aromatic heterocycles. The Kier molecular flexibility index (Phi) is 3.99. The summed E-state index contributed by atoms with van der Waals surface area (Å²) in [6.45, 7) is 1.64. The molecule has 1 atom stereocenters. The Bertz CT molecular complexity index is 438. The lowest BCUT2D eigenvalue weighted by molar-refractivity contribution is 0.0786. The average Bonchev–Trinajstić information content (AvgIpc) is 2.78. The molecule has 1 amide bonds. The van der Waals surface area contributed by atoms with Gasteiger partial charge in [0.25, 0.3) is 5.91 Å². The molecule has 0 aromatic carbocycles. The lowest BCUT2D eigenvalue weighted by atomic mass is 10.1. The number of aromatic amines is 1. The van der Waals surface area contributed by atoms with Crippen molar-refractivity contribution in [1.29, 1.82) is 0 Å². The van der Waals surface area contributed by atoms with E-state index in [1.54, 1.807) is 6.07 Å². The van der Waals surface area contributed by atoms with E-state index in [0.29, 0.717) is 11.5 Å². The first-order valence-electron chi connectivity index (χ1n) is 5.74. The highest BCUT2D eigenvalue weighted by atomic mass is 79.9. The highest BCUT2D eigenvalue weighted by Crippen LogP contribution is 2.21. The Morgan fingerprint density at radius 2 is 2.35 bits per heavy atom. The molecular weight excluding hydrogens is 284 g/mol. The van der Waals surface area contributed by atoms with Crippen molar-refractivity contribution in [2.45, 2.75) is 12.8 Å². The summed E-state index contributed by atoms with van der Waals surface area (Å²) < 4.78 is 0. The summed E-state index contributed by atoms with van der Waals surface area (Å²) >= 11 is 3.43. The number of hydrogen-bond donors (Lipinski definition) is 1. The van der Waals surface area contributed by atoms with Crippen LogP contribution in [0.3, 0.4) is 0 Å². The molecule has 0 spiro atoms. The highest BCUT2D eigenvalue weighted by Gasteiger charge is 2.26. The molecule has 1 saturated heterocycles. The van der Waals surface area contributed by atoms with Gasteiger partial charge in [-0.05, 0) is 24.8 Å². The first kappa shape index (κ1) is 12.4. The fraction of sp³-hybridized carbons (Fsp3) is 0.500. The molecule has 1 aliphatic rings. The molecule has 1 N–H and O–H groups in total. The van der Waals surface area contributed by atoms with Crippen LogP contribution in [0.2, 0.25) is 0 Å². The van der Waals surface area contributed by atoms with Crippen LogP contribution in [-0.4, -0.2) is 34.2 Å². The zero-order chi connectivity index (χ0) is 12.3. The van der Waals surface area contributed by atoms with E-state index < -0.39 is 0 Å². The van der Waals surface area contributed by atoms with Crippen LogP contribution in [0.5, 0.6) is 0 Å². The molecule has 92 valence electrons. The van der Waals surface area contributed by atoms with Crippen LogP contribution in [-0.2, 0) is 0 Å². The largest absolute Gasteiger partial charge is 0.338 e. The maximum atomic E-state index is 12.1. The van der Waals surface area contributed by atoms with Gasteiger partial charge in [0, 0.05) is 30.7 Å². The minimum absolute atomic E-state index is 0.0123. The third-order valence-electron chi connectivity index (χ3n) is 3.12. The van der Waals surface area contributed by atoms with Gasteiger partial charge in [-0.15, -0.1) is 0 Å². The van der Waals surface area contributed by atoms with Crippen molar-refractivity contribution >= 4 is 21.8 Å². The van der Waals surface area contributed by atoms with Gasteiger partial charge in [0.2, 0.25) is 5.56 Å². The van der Waals surface area contributed by atoms with Gasteiger partial charge in [-0.3, -0.25) is 9.59 Å². The van der Waals surface area contributed by atoms with E-state index in [9.17, 15) is 9.59 Å². The Hall–Kier alpha value is -1.10. The van der Waals surface area contributed by atoms with Crippen molar-refractivity contribution in [3.8, 4) is 0 Å². The topological polar surface area (TPSA) is 53.2 Å². The summed E-state index contributed by atoms with van der Waals surface area (Å²) in [6.07, 6.45) is 3.67. The highest BCUT2D eigenvalue weighted by molar-refractivity contribution is 9.09. The normalized spacial score (nSPS) is 19.6. The standard InChI is InChI=1S/C12H15BrN2O2/c13-5-3-9-4-6-15(8-9)12(17)10-1-2-11(16)14-7-10/h1-2,7,9H,3-6,8H2,(H,14,16). The number of H-pyrrole nitrogens is 1. The predicted octanol–water partition coefficient (Wildman–Crippen LogP) is 1.62. The van der Waals surface area contributed by atoms with Crippen LogP contribution >= 0.6 is 15.9 Å². The van der Waals surface area contributed by atoms with Gasteiger partial charge < -0.3 is 9.88 Å². The van der Waals surface area contributed by atoms with Crippen molar-refractivity contribution in [1.82, 2.24) is 9.88 Å². The third kappa shape index (κ3) is 2.97. The minimum Gasteiger partial charge on any atom is -0.338 e. The van der Waals surface area contributed by atoms with Gasteiger partial charge in [0.15, 0.2) is 0 Å². The van der Waals surface area contributed by atoms with Crippen molar-refractivity contribution < 1.29 is 4.79 Å². The second-order valence-electron chi connectivity index (χ2n) is 4.33. The molecule has 0 aliphatic carbocycles. The Labute approximate surface area is 108 Å². The molecular formula is C12H15BrN2O2. The van der Waals surface area contributed by atoms with E-state index in [1.807, 2.05) is 4.90 Å². The van der Waals surface area contributed by atoms with Gasteiger partial charge >= 0.3 is 0 Å². The fourth-order valence-corrected chi connectivity index (χ4v) is 2.78. The summed E-state index contributed by atoms with van der Waals surface area (Å²) in [5.74, 6) is 0.611. The van der Waals surface area contributed by atoms with E-state index in [-0.39, 0.29) is 11.5 Å². The van der Waals surface area contributed by atoms with Crippen LogP contribution in [0.4, 0.5) is 0 Å². The Morgan fingerprint density at radius 3 is 3.00 bits per heavy atom. The molecule has 1 aliphatic heterocycles. The Balaban J connectivity index is 2.02. The first-order valence-corrected chi connectivity index (χ1v) is 6.87. The zero-order valence-electron chi connectivity index (χ0n) is 9.49. The number of nitrogens with one attached hydrogen (secondary N) is 1. The number of likely N-dealkylation sites (tertiary alicyclic amines) is 1. The molecule has 1 unspecified atom stereocenters. The van der Waals surface area contributed by atoms with Crippen LogP contribution < -0.4 is 5.56 Å². The summed E-state index contributed by atoms with van der Waals surface area (Å²) in [6, 6.07) is 2.97. The molecule has 17 heavy (non-hydrogen) atoms. The minimum atomic E-state index is -0.180. The predicted molar refractivity (Wildman–Crippen MR) is 69.5 cm³/mol. The number of carbonyl (C=O) groups excluding carboxylic acids is 1. The number of alkyl halides is 1. The summed E-state index contributed by atoms with van der Waals surface area (Å²) in [5, 5.41) is 0.984. The van der Waals surface area contributed by atoms with Crippen LogP contribution in [0, 0.1) is 5.92 Å². The number of amides is 1. The maximum absolute atomic E-state index is 12.1. The second kappa shape index (κ2) is 5.49. The van der Waals surface area contributed by atoms with Gasteiger partial charge in [0.1, 0.15) is 0 Å². The average molecular weight is 299 g/mol. The number of rotatable bonds is 3. The zero-order valence-corrected chi connectivity index (χ0v) is 11.1. The van der Waals surface area contributed by atoms with E-state index >= 15 is 0 Å². The van der Waals surface area contributed by atoms with Gasteiger partial charge in [-0.2, -0.15) is 0 Å².